The first kappa shape index (κ1) is 17.3. The van der Waals surface area contributed by atoms with Crippen molar-refractivity contribution in [1.82, 2.24) is 20.3 Å². The lowest BCUT2D eigenvalue weighted by atomic mass is 10.2. The van der Waals surface area contributed by atoms with Crippen molar-refractivity contribution < 1.29 is 4.79 Å². The Morgan fingerprint density at radius 1 is 1.04 bits per heavy atom. The van der Waals surface area contributed by atoms with Gasteiger partial charge in [0.15, 0.2) is 0 Å². The molecular weight excluding hydrogens is 328 g/mol. The number of nitrogens with one attached hydrogen (secondary N) is 2. The molecule has 7 nitrogen and oxygen atoms in total. The normalized spacial score (nSPS) is 10.2. The number of nitrogens with zero attached hydrogens (tertiary/aromatic N) is 4. The van der Waals surface area contributed by atoms with E-state index >= 15 is 0 Å². The lowest BCUT2D eigenvalue weighted by Gasteiger charge is -2.13. The number of aromatic nitrogens is 3. The summed E-state index contributed by atoms with van der Waals surface area (Å²) in [5.41, 5.74) is 3.32. The number of hydrogen-bond acceptors (Lipinski definition) is 6. The van der Waals surface area contributed by atoms with E-state index in [0.717, 1.165) is 16.9 Å². The second-order valence-electron chi connectivity index (χ2n) is 5.91. The highest BCUT2D eigenvalue weighted by molar-refractivity contribution is 5.93. The van der Waals surface area contributed by atoms with Crippen molar-refractivity contribution in [2.75, 3.05) is 24.3 Å². The SMILES string of the molecule is CN(C)c1ccc(Nc2ncc(C(=O)NCc3cccnc3)cn2)cc1. The average Bonchev–Trinajstić information content (AvgIpc) is 2.68. The van der Waals surface area contributed by atoms with Gasteiger partial charge in [-0.3, -0.25) is 9.78 Å². The van der Waals surface area contributed by atoms with Crippen molar-refractivity contribution in [3.63, 3.8) is 0 Å². The van der Waals surface area contributed by atoms with E-state index in [9.17, 15) is 4.79 Å². The van der Waals surface area contributed by atoms with Gasteiger partial charge in [0, 0.05) is 56.8 Å². The average molecular weight is 348 g/mol. The molecule has 0 unspecified atom stereocenters. The maximum atomic E-state index is 12.2. The first-order valence-corrected chi connectivity index (χ1v) is 8.15. The monoisotopic (exact) mass is 348 g/mol. The van der Waals surface area contributed by atoms with Gasteiger partial charge in [-0.15, -0.1) is 0 Å². The first-order valence-electron chi connectivity index (χ1n) is 8.15. The summed E-state index contributed by atoms with van der Waals surface area (Å²) in [5, 5.41) is 5.93. The smallest absolute Gasteiger partial charge is 0.254 e. The van der Waals surface area contributed by atoms with Gasteiger partial charge in [0.05, 0.1) is 5.56 Å². The Morgan fingerprint density at radius 3 is 2.38 bits per heavy atom. The third-order valence-corrected chi connectivity index (χ3v) is 3.73. The molecule has 7 heteroatoms. The van der Waals surface area contributed by atoms with Crippen LogP contribution in [0.3, 0.4) is 0 Å². The molecule has 0 aliphatic carbocycles. The van der Waals surface area contributed by atoms with Gasteiger partial charge in [-0.25, -0.2) is 9.97 Å². The van der Waals surface area contributed by atoms with Crippen LogP contribution in [0.2, 0.25) is 0 Å². The van der Waals surface area contributed by atoms with Crippen LogP contribution in [0.15, 0.2) is 61.2 Å². The molecule has 3 rings (SSSR count). The largest absolute Gasteiger partial charge is 0.378 e. The Kier molecular flexibility index (Phi) is 5.38. The molecule has 132 valence electrons. The zero-order chi connectivity index (χ0) is 18.4. The van der Waals surface area contributed by atoms with Crippen molar-refractivity contribution in [2.45, 2.75) is 6.54 Å². The Labute approximate surface area is 152 Å². The molecule has 0 aliphatic heterocycles. The molecule has 3 aromatic rings. The number of pyridine rings is 1. The summed E-state index contributed by atoms with van der Waals surface area (Å²) in [6.07, 6.45) is 6.41. The van der Waals surface area contributed by atoms with Crippen LogP contribution in [0, 0.1) is 0 Å². The van der Waals surface area contributed by atoms with Crippen molar-refractivity contribution in [1.29, 1.82) is 0 Å². The summed E-state index contributed by atoms with van der Waals surface area (Å²) in [4.78, 5) is 26.6. The van der Waals surface area contributed by atoms with Crippen LogP contribution in [0.4, 0.5) is 17.3 Å². The lowest BCUT2D eigenvalue weighted by Crippen LogP contribution is -2.23. The van der Waals surface area contributed by atoms with Crippen molar-refractivity contribution in [2.24, 2.45) is 0 Å². The third kappa shape index (κ3) is 4.54. The topological polar surface area (TPSA) is 83.0 Å². The van der Waals surface area contributed by atoms with E-state index in [1.807, 2.05) is 55.4 Å². The molecule has 0 aliphatic rings. The van der Waals surface area contributed by atoms with Gasteiger partial charge in [-0.2, -0.15) is 0 Å². The summed E-state index contributed by atoms with van der Waals surface area (Å²) in [6, 6.07) is 11.6. The predicted octanol–water partition coefficient (Wildman–Crippen LogP) is 2.61. The van der Waals surface area contributed by atoms with Gasteiger partial charge >= 0.3 is 0 Å². The van der Waals surface area contributed by atoms with Crippen molar-refractivity contribution >= 4 is 23.2 Å². The van der Waals surface area contributed by atoms with Crippen LogP contribution in [0.1, 0.15) is 15.9 Å². The van der Waals surface area contributed by atoms with Gasteiger partial charge in [-0.1, -0.05) is 6.07 Å². The van der Waals surface area contributed by atoms with E-state index in [1.54, 1.807) is 12.4 Å². The van der Waals surface area contributed by atoms with E-state index in [2.05, 4.69) is 25.6 Å². The molecule has 0 bridgehead atoms. The minimum absolute atomic E-state index is 0.226. The highest BCUT2D eigenvalue weighted by atomic mass is 16.1. The van der Waals surface area contributed by atoms with Gasteiger partial charge in [-0.05, 0) is 35.9 Å². The highest BCUT2D eigenvalue weighted by Gasteiger charge is 2.07. The second-order valence-corrected chi connectivity index (χ2v) is 5.91. The third-order valence-electron chi connectivity index (χ3n) is 3.73. The van der Waals surface area contributed by atoms with Crippen LogP contribution in [0.5, 0.6) is 0 Å². The van der Waals surface area contributed by atoms with Crippen LogP contribution in [-0.2, 0) is 6.54 Å². The molecule has 0 fully saturated rings. The molecule has 0 spiro atoms. The number of anilines is 3. The Balaban J connectivity index is 1.58. The second kappa shape index (κ2) is 8.06. The zero-order valence-corrected chi connectivity index (χ0v) is 14.7. The number of rotatable bonds is 6. The molecule has 1 aromatic carbocycles. The number of carbonyl (C=O) groups excluding carboxylic acids is 1. The fraction of sp³-hybridized carbons (Fsp3) is 0.158. The summed E-state index contributed by atoms with van der Waals surface area (Å²) in [7, 11) is 3.98. The number of amides is 1. The maximum Gasteiger partial charge on any atom is 0.254 e. The van der Waals surface area contributed by atoms with Gasteiger partial charge in [0.1, 0.15) is 0 Å². The zero-order valence-electron chi connectivity index (χ0n) is 14.7. The van der Waals surface area contributed by atoms with E-state index in [0.29, 0.717) is 18.1 Å². The molecule has 0 atom stereocenters. The molecule has 0 saturated carbocycles. The molecule has 0 saturated heterocycles. The summed E-state index contributed by atoms with van der Waals surface area (Å²) >= 11 is 0. The van der Waals surface area contributed by atoms with Crippen LogP contribution >= 0.6 is 0 Å². The van der Waals surface area contributed by atoms with E-state index < -0.39 is 0 Å². The summed E-state index contributed by atoms with van der Waals surface area (Å²) in [6.45, 7) is 0.408. The minimum Gasteiger partial charge on any atom is -0.378 e. The summed E-state index contributed by atoms with van der Waals surface area (Å²) < 4.78 is 0. The number of carbonyl (C=O) groups is 1. The Hall–Kier alpha value is -3.48. The standard InChI is InChI=1S/C19H20N6O/c1-25(2)17-7-5-16(6-8-17)24-19-22-12-15(13-23-19)18(26)21-11-14-4-3-9-20-10-14/h3-10,12-13H,11H2,1-2H3,(H,21,26)(H,22,23,24). The molecule has 2 aromatic heterocycles. The van der Waals surface area contributed by atoms with Crippen LogP contribution in [0.25, 0.3) is 0 Å². The number of benzene rings is 1. The minimum atomic E-state index is -0.226. The van der Waals surface area contributed by atoms with Crippen molar-refractivity contribution in [3.05, 3.63) is 72.3 Å². The van der Waals surface area contributed by atoms with Gasteiger partial charge in [0.2, 0.25) is 5.95 Å². The van der Waals surface area contributed by atoms with Crippen LogP contribution < -0.4 is 15.5 Å². The fourth-order valence-electron chi connectivity index (χ4n) is 2.27. The number of hydrogen-bond donors (Lipinski definition) is 2. The molecule has 26 heavy (non-hydrogen) atoms. The Bertz CT molecular complexity index is 847. The van der Waals surface area contributed by atoms with Crippen LogP contribution in [-0.4, -0.2) is 35.0 Å². The highest BCUT2D eigenvalue weighted by Crippen LogP contribution is 2.18. The fourth-order valence-corrected chi connectivity index (χ4v) is 2.27. The molecule has 2 heterocycles. The predicted molar refractivity (Wildman–Crippen MR) is 101 cm³/mol. The van der Waals surface area contributed by atoms with Gasteiger partial charge < -0.3 is 15.5 Å². The van der Waals surface area contributed by atoms with Crippen molar-refractivity contribution in [3.8, 4) is 0 Å². The van der Waals surface area contributed by atoms with E-state index in [-0.39, 0.29) is 5.91 Å². The Morgan fingerprint density at radius 2 is 1.77 bits per heavy atom. The molecule has 2 N–H and O–H groups in total. The molecule has 1 amide bonds. The van der Waals surface area contributed by atoms with E-state index in [4.69, 9.17) is 0 Å². The first-order chi connectivity index (χ1) is 12.6. The molecule has 0 radical (unpaired) electrons. The lowest BCUT2D eigenvalue weighted by molar-refractivity contribution is 0.0950. The van der Waals surface area contributed by atoms with E-state index in [1.165, 1.54) is 12.4 Å². The molecular formula is C19H20N6O. The summed E-state index contributed by atoms with van der Waals surface area (Å²) in [5.74, 6) is 0.210. The van der Waals surface area contributed by atoms with Gasteiger partial charge in [0.25, 0.3) is 5.91 Å². The quantitative estimate of drug-likeness (QED) is 0.712. The maximum absolute atomic E-state index is 12.2.